The minimum atomic E-state index is -0.501. The third kappa shape index (κ3) is 5.90. The van der Waals surface area contributed by atoms with Crippen molar-refractivity contribution in [3.63, 3.8) is 0 Å². The predicted octanol–water partition coefficient (Wildman–Crippen LogP) is 2.75. The van der Waals surface area contributed by atoms with E-state index in [0.29, 0.717) is 17.3 Å². The van der Waals surface area contributed by atoms with Crippen LogP contribution < -0.4 is 10.7 Å². The quantitative estimate of drug-likeness (QED) is 0.455. The molecule has 0 aliphatic carbocycles. The predicted molar refractivity (Wildman–Crippen MR) is 91.7 cm³/mol. The monoisotopic (exact) mass is 339 g/mol. The molecule has 0 aliphatic rings. The lowest BCUT2D eigenvalue weighted by molar-refractivity contribution is -0.145. The number of esters is 1. The van der Waals surface area contributed by atoms with Gasteiger partial charge in [0.05, 0.1) is 19.1 Å². The molecule has 1 amide bonds. The Morgan fingerprint density at radius 3 is 2.74 bits per heavy atom. The van der Waals surface area contributed by atoms with Crippen molar-refractivity contribution in [2.45, 2.75) is 27.7 Å². The summed E-state index contributed by atoms with van der Waals surface area (Å²) in [5.74, 6) is -1.19. The van der Waals surface area contributed by atoms with Gasteiger partial charge in [0, 0.05) is 16.4 Å². The van der Waals surface area contributed by atoms with E-state index in [4.69, 9.17) is 16.3 Å². The van der Waals surface area contributed by atoms with E-state index in [1.165, 1.54) is 0 Å². The van der Waals surface area contributed by atoms with Crippen LogP contribution in [0.3, 0.4) is 0 Å². The summed E-state index contributed by atoms with van der Waals surface area (Å²) in [4.78, 5) is 23.4. The Kier molecular flexibility index (Phi) is 7.54. The Morgan fingerprint density at radius 1 is 1.39 bits per heavy atom. The fourth-order valence-corrected chi connectivity index (χ4v) is 1.87. The minimum absolute atomic E-state index is 0.0474. The number of carbonyl (C=O) groups is 2. The van der Waals surface area contributed by atoms with E-state index in [-0.39, 0.29) is 18.4 Å². The van der Waals surface area contributed by atoms with Crippen molar-refractivity contribution in [2.24, 2.45) is 11.0 Å². The van der Waals surface area contributed by atoms with Crippen molar-refractivity contribution in [3.8, 4) is 0 Å². The molecular weight excluding hydrogens is 318 g/mol. The molecule has 0 fully saturated rings. The average Bonchev–Trinajstić information content (AvgIpc) is 2.53. The molecule has 6 nitrogen and oxygen atoms in total. The first-order valence-corrected chi connectivity index (χ1v) is 7.73. The van der Waals surface area contributed by atoms with Crippen LogP contribution in [0.1, 0.15) is 26.3 Å². The van der Waals surface area contributed by atoms with Gasteiger partial charge in [-0.05, 0) is 45.4 Å². The highest BCUT2D eigenvalue weighted by atomic mass is 35.5. The van der Waals surface area contributed by atoms with Crippen molar-refractivity contribution in [2.75, 3.05) is 18.5 Å². The molecule has 0 aromatic heterocycles. The number of benzene rings is 1. The fourth-order valence-electron chi connectivity index (χ4n) is 1.70. The van der Waals surface area contributed by atoms with Crippen LogP contribution in [0.4, 0.5) is 5.69 Å². The van der Waals surface area contributed by atoms with Gasteiger partial charge in [0.25, 0.3) is 5.91 Å². The van der Waals surface area contributed by atoms with Crippen LogP contribution in [0.25, 0.3) is 0 Å². The molecule has 0 spiro atoms. The van der Waals surface area contributed by atoms with E-state index in [2.05, 4.69) is 15.8 Å². The van der Waals surface area contributed by atoms with E-state index in [0.717, 1.165) is 11.3 Å². The molecule has 1 aromatic carbocycles. The lowest BCUT2D eigenvalue weighted by Gasteiger charge is -2.11. The molecule has 0 unspecified atom stereocenters. The van der Waals surface area contributed by atoms with E-state index < -0.39 is 5.92 Å². The number of rotatable bonds is 7. The van der Waals surface area contributed by atoms with E-state index >= 15 is 0 Å². The number of hydrogen-bond acceptors (Lipinski definition) is 5. The van der Waals surface area contributed by atoms with Crippen LogP contribution in [0.15, 0.2) is 23.3 Å². The van der Waals surface area contributed by atoms with Crippen molar-refractivity contribution < 1.29 is 14.3 Å². The van der Waals surface area contributed by atoms with Gasteiger partial charge in [-0.2, -0.15) is 5.10 Å². The summed E-state index contributed by atoms with van der Waals surface area (Å²) < 4.78 is 4.90. The number of anilines is 1. The topological polar surface area (TPSA) is 79.8 Å². The van der Waals surface area contributed by atoms with E-state index in [1.807, 2.05) is 13.0 Å². The van der Waals surface area contributed by atoms with Crippen LogP contribution in [0.5, 0.6) is 0 Å². The number of ether oxygens (including phenoxy) is 1. The molecule has 1 rings (SSSR count). The third-order valence-electron chi connectivity index (χ3n) is 3.33. The van der Waals surface area contributed by atoms with Gasteiger partial charge in [0.2, 0.25) is 0 Å². The van der Waals surface area contributed by atoms with Crippen molar-refractivity contribution in [1.29, 1.82) is 0 Å². The number of carbonyl (C=O) groups excluding carboxylic acids is 2. The summed E-state index contributed by atoms with van der Waals surface area (Å²) in [6.45, 7) is 7.30. The molecule has 23 heavy (non-hydrogen) atoms. The highest BCUT2D eigenvalue weighted by Crippen LogP contribution is 2.22. The van der Waals surface area contributed by atoms with Gasteiger partial charge >= 0.3 is 5.97 Å². The second-order valence-electron chi connectivity index (χ2n) is 5.03. The zero-order chi connectivity index (χ0) is 17.4. The summed E-state index contributed by atoms with van der Waals surface area (Å²) in [5, 5.41) is 7.55. The first-order chi connectivity index (χ1) is 10.9. The highest BCUT2D eigenvalue weighted by Gasteiger charge is 2.17. The van der Waals surface area contributed by atoms with Crippen molar-refractivity contribution >= 4 is 34.9 Å². The number of nitrogens with zero attached hydrogens (tertiary/aromatic N) is 1. The lowest BCUT2D eigenvalue weighted by atomic mass is 10.1. The van der Waals surface area contributed by atoms with Crippen LogP contribution >= 0.6 is 11.6 Å². The molecular formula is C16H22ClN3O3. The number of halogens is 1. The summed E-state index contributed by atoms with van der Waals surface area (Å²) in [6, 6.07) is 5.43. The minimum Gasteiger partial charge on any atom is -0.465 e. The maximum absolute atomic E-state index is 11.8. The summed E-state index contributed by atoms with van der Waals surface area (Å²) >= 11 is 6.02. The smallest absolute Gasteiger partial charge is 0.314 e. The van der Waals surface area contributed by atoms with Gasteiger partial charge < -0.3 is 10.1 Å². The maximum atomic E-state index is 11.8. The first-order valence-electron chi connectivity index (χ1n) is 7.35. The summed E-state index contributed by atoms with van der Waals surface area (Å²) in [7, 11) is 0. The second-order valence-corrected chi connectivity index (χ2v) is 5.44. The SMILES string of the molecule is CCOC(=O)[C@H](C)/C(C)=N\NC(=O)CNc1cccc(Cl)c1C. The van der Waals surface area contributed by atoms with Crippen LogP contribution in [0, 0.1) is 12.8 Å². The molecule has 0 bridgehead atoms. The number of hydrazone groups is 1. The summed E-state index contributed by atoms with van der Waals surface area (Å²) in [5.41, 5.74) is 4.55. The summed E-state index contributed by atoms with van der Waals surface area (Å²) in [6.07, 6.45) is 0. The highest BCUT2D eigenvalue weighted by molar-refractivity contribution is 6.31. The molecule has 7 heteroatoms. The van der Waals surface area contributed by atoms with Crippen molar-refractivity contribution in [1.82, 2.24) is 5.43 Å². The molecule has 2 N–H and O–H groups in total. The van der Waals surface area contributed by atoms with E-state index in [9.17, 15) is 9.59 Å². The largest absolute Gasteiger partial charge is 0.465 e. The third-order valence-corrected chi connectivity index (χ3v) is 3.74. The lowest BCUT2D eigenvalue weighted by Crippen LogP contribution is -2.29. The van der Waals surface area contributed by atoms with Gasteiger partial charge in [-0.3, -0.25) is 9.59 Å². The standard InChI is InChI=1S/C16H22ClN3O3/c1-5-23-16(22)10(2)12(4)19-20-15(21)9-18-14-8-6-7-13(17)11(14)3/h6-8,10,18H,5,9H2,1-4H3,(H,20,21)/b19-12-/t10-/m1/s1. The number of nitrogens with one attached hydrogen (secondary N) is 2. The Morgan fingerprint density at radius 2 is 2.09 bits per heavy atom. The zero-order valence-electron chi connectivity index (χ0n) is 13.8. The Labute approximate surface area is 141 Å². The number of hydrogen-bond donors (Lipinski definition) is 2. The van der Waals surface area contributed by atoms with Crippen LogP contribution in [0.2, 0.25) is 5.02 Å². The van der Waals surface area contributed by atoms with Gasteiger partial charge in [-0.15, -0.1) is 0 Å². The Balaban J connectivity index is 2.52. The van der Waals surface area contributed by atoms with Gasteiger partial charge in [0.15, 0.2) is 0 Å². The van der Waals surface area contributed by atoms with E-state index in [1.54, 1.807) is 32.9 Å². The molecule has 0 radical (unpaired) electrons. The molecule has 0 heterocycles. The molecule has 1 atom stereocenters. The average molecular weight is 340 g/mol. The molecule has 0 saturated heterocycles. The van der Waals surface area contributed by atoms with Crippen LogP contribution in [-0.2, 0) is 14.3 Å². The van der Waals surface area contributed by atoms with Gasteiger partial charge in [-0.25, -0.2) is 5.43 Å². The Bertz CT molecular complexity index is 602. The normalized spacial score (nSPS) is 12.5. The molecule has 0 saturated carbocycles. The van der Waals surface area contributed by atoms with Crippen LogP contribution in [-0.4, -0.2) is 30.7 Å². The fraction of sp³-hybridized carbons (Fsp3) is 0.438. The molecule has 126 valence electrons. The second kappa shape index (κ2) is 9.15. The maximum Gasteiger partial charge on any atom is 0.314 e. The molecule has 1 aromatic rings. The van der Waals surface area contributed by atoms with Gasteiger partial charge in [0.1, 0.15) is 0 Å². The zero-order valence-corrected chi connectivity index (χ0v) is 14.5. The Hall–Kier alpha value is -2.08. The molecule has 0 aliphatic heterocycles. The number of amides is 1. The first kappa shape index (κ1) is 19.0. The van der Waals surface area contributed by atoms with Gasteiger partial charge in [-0.1, -0.05) is 17.7 Å². The van der Waals surface area contributed by atoms with Crippen molar-refractivity contribution in [3.05, 3.63) is 28.8 Å².